The molecule has 3 fully saturated rings. The molecule has 0 saturated carbocycles. The van der Waals surface area contributed by atoms with Gasteiger partial charge in [0.25, 0.3) is 0 Å². The minimum absolute atomic E-state index is 0.0104. The third-order valence-corrected chi connectivity index (χ3v) is 11.5. The highest BCUT2D eigenvalue weighted by atomic mass is 79.9. The van der Waals surface area contributed by atoms with Crippen LogP contribution in [0.25, 0.3) is 0 Å². The SMILES string of the molecule is Nc1c(Br)cc(C[C@@H](CC(=O)N2CCC(N3CCc4ccccc4NC3=O)CC2)C(=O)N2CCC(N3CCCCC3)CC2)cc1C(F)(F)F. The maximum Gasteiger partial charge on any atom is 0.418 e. The second kappa shape index (κ2) is 15.3. The molecular weight excluding hydrogens is 701 g/mol. The van der Waals surface area contributed by atoms with E-state index in [0.717, 1.165) is 49.7 Å². The Kier molecular flexibility index (Phi) is 11.1. The number of carbonyl (C=O) groups excluding carboxylic acids is 3. The van der Waals surface area contributed by atoms with Gasteiger partial charge in [-0.1, -0.05) is 24.6 Å². The molecule has 0 bridgehead atoms. The Morgan fingerprint density at radius 3 is 2.24 bits per heavy atom. The van der Waals surface area contributed by atoms with E-state index in [0.29, 0.717) is 57.2 Å². The highest BCUT2D eigenvalue weighted by Gasteiger charge is 2.37. The molecule has 3 N–H and O–H groups in total. The minimum Gasteiger partial charge on any atom is -0.397 e. The minimum atomic E-state index is -4.66. The summed E-state index contributed by atoms with van der Waals surface area (Å²) in [4.78, 5) is 48.9. The Hall–Kier alpha value is -3.32. The van der Waals surface area contributed by atoms with Crippen molar-refractivity contribution in [2.75, 3.05) is 56.9 Å². The lowest BCUT2D eigenvalue weighted by Gasteiger charge is -2.41. The summed E-state index contributed by atoms with van der Waals surface area (Å²) >= 11 is 3.17. The van der Waals surface area contributed by atoms with Crippen molar-refractivity contribution in [2.45, 2.75) is 82.5 Å². The van der Waals surface area contributed by atoms with Crippen LogP contribution in [0.2, 0.25) is 0 Å². The monoisotopic (exact) mass is 746 g/mol. The van der Waals surface area contributed by atoms with Crippen LogP contribution in [0, 0.1) is 5.92 Å². The third kappa shape index (κ3) is 8.36. The van der Waals surface area contributed by atoms with Crippen molar-refractivity contribution in [1.29, 1.82) is 0 Å². The number of anilines is 2. The van der Waals surface area contributed by atoms with Gasteiger partial charge in [0.15, 0.2) is 0 Å². The Balaban J connectivity index is 1.12. The molecule has 49 heavy (non-hydrogen) atoms. The molecule has 9 nitrogen and oxygen atoms in total. The number of hydrogen-bond donors (Lipinski definition) is 2. The summed E-state index contributed by atoms with van der Waals surface area (Å²) in [6.45, 7) is 4.76. The van der Waals surface area contributed by atoms with Gasteiger partial charge in [0.2, 0.25) is 11.8 Å². The van der Waals surface area contributed by atoms with Crippen LogP contribution in [0.1, 0.15) is 68.1 Å². The predicted molar refractivity (Wildman–Crippen MR) is 186 cm³/mol. The molecule has 1 atom stereocenters. The van der Waals surface area contributed by atoms with Gasteiger partial charge >= 0.3 is 12.2 Å². The van der Waals surface area contributed by atoms with Crippen LogP contribution in [-0.2, 0) is 28.6 Å². The lowest BCUT2D eigenvalue weighted by molar-refractivity contribution is -0.143. The van der Waals surface area contributed by atoms with E-state index in [4.69, 9.17) is 5.73 Å². The van der Waals surface area contributed by atoms with Crippen molar-refractivity contribution in [3.05, 3.63) is 57.6 Å². The van der Waals surface area contributed by atoms with E-state index in [-0.39, 0.29) is 41.2 Å². The first-order chi connectivity index (χ1) is 23.5. The van der Waals surface area contributed by atoms with Gasteiger partial charge in [0, 0.05) is 61.4 Å². The van der Waals surface area contributed by atoms with Gasteiger partial charge in [-0.3, -0.25) is 9.59 Å². The number of halogens is 4. The molecule has 4 aliphatic rings. The number of nitrogen functional groups attached to an aromatic ring is 1. The van der Waals surface area contributed by atoms with Crippen LogP contribution in [0.3, 0.4) is 0 Å². The van der Waals surface area contributed by atoms with E-state index < -0.39 is 23.3 Å². The standard InChI is InChI=1S/C36H46BrF3N6O3/c37-30-22-24(21-29(33(30)41)36(38,39)40)20-26(34(48)45-17-9-27(10-18-45)43-13-4-1-5-14-43)23-32(47)44-15-11-28(12-16-44)46-19-8-25-6-2-3-7-31(25)42-35(46)49/h2-3,6-7,21-22,26-28H,1,4-5,8-20,23,41H2,(H,42,49)/t26-/m0/s1. The first-order valence-electron chi connectivity index (χ1n) is 17.6. The topological polar surface area (TPSA) is 102 Å². The number of nitrogens with two attached hydrogens (primary N) is 1. The van der Waals surface area contributed by atoms with Crippen LogP contribution in [0.4, 0.5) is 29.3 Å². The lowest BCUT2D eigenvalue weighted by Crippen LogP contribution is -2.51. The number of hydrogen-bond acceptors (Lipinski definition) is 5. The molecule has 0 radical (unpaired) electrons. The number of amides is 4. The number of alkyl halides is 3. The van der Waals surface area contributed by atoms with Crippen molar-refractivity contribution in [2.24, 2.45) is 5.92 Å². The molecule has 3 saturated heterocycles. The first kappa shape index (κ1) is 35.5. The van der Waals surface area contributed by atoms with Crippen LogP contribution in [0.5, 0.6) is 0 Å². The van der Waals surface area contributed by atoms with E-state index in [1.54, 1.807) is 9.80 Å². The maximum atomic E-state index is 14.1. The molecule has 4 amide bonds. The van der Waals surface area contributed by atoms with E-state index in [9.17, 15) is 27.6 Å². The second-order valence-electron chi connectivity index (χ2n) is 13.9. The number of fused-ring (bicyclic) bond motifs is 1. The fourth-order valence-electron chi connectivity index (χ4n) is 8.06. The average molecular weight is 748 g/mol. The number of para-hydroxylation sites is 1. The lowest BCUT2D eigenvalue weighted by atomic mass is 9.91. The van der Waals surface area contributed by atoms with E-state index in [1.807, 2.05) is 29.2 Å². The Morgan fingerprint density at radius 1 is 0.898 bits per heavy atom. The highest BCUT2D eigenvalue weighted by molar-refractivity contribution is 9.10. The fraction of sp³-hybridized carbons (Fsp3) is 0.583. The van der Waals surface area contributed by atoms with Gasteiger partial charge in [-0.05, 0) is 110 Å². The van der Waals surface area contributed by atoms with Crippen LogP contribution >= 0.6 is 15.9 Å². The zero-order chi connectivity index (χ0) is 34.7. The molecule has 0 unspecified atom stereocenters. The van der Waals surface area contributed by atoms with E-state index in [1.165, 1.54) is 25.3 Å². The van der Waals surface area contributed by atoms with Gasteiger partial charge in [-0.2, -0.15) is 13.2 Å². The molecule has 4 aliphatic heterocycles. The summed E-state index contributed by atoms with van der Waals surface area (Å²) in [6, 6.07) is 10.6. The first-order valence-corrected chi connectivity index (χ1v) is 18.4. The molecule has 4 heterocycles. The molecule has 0 spiro atoms. The van der Waals surface area contributed by atoms with Crippen molar-refractivity contribution in [1.82, 2.24) is 19.6 Å². The number of nitrogens with zero attached hydrogens (tertiary/aromatic N) is 4. The number of likely N-dealkylation sites (tertiary alicyclic amines) is 3. The molecule has 2 aromatic carbocycles. The molecule has 6 rings (SSSR count). The summed E-state index contributed by atoms with van der Waals surface area (Å²) in [7, 11) is 0. The summed E-state index contributed by atoms with van der Waals surface area (Å²) in [6.07, 6.45) is 2.52. The van der Waals surface area contributed by atoms with Crippen molar-refractivity contribution in [3.63, 3.8) is 0 Å². The number of piperidine rings is 3. The second-order valence-corrected chi connectivity index (χ2v) is 14.8. The van der Waals surface area contributed by atoms with E-state index in [2.05, 4.69) is 26.1 Å². The number of benzene rings is 2. The summed E-state index contributed by atoms with van der Waals surface area (Å²) in [5.74, 6) is -1.20. The van der Waals surface area contributed by atoms with Crippen LogP contribution in [0.15, 0.2) is 40.9 Å². The average Bonchev–Trinajstić information content (AvgIpc) is 3.27. The Morgan fingerprint density at radius 2 is 1.55 bits per heavy atom. The van der Waals surface area contributed by atoms with Gasteiger partial charge in [-0.15, -0.1) is 0 Å². The summed E-state index contributed by atoms with van der Waals surface area (Å²) < 4.78 is 41.7. The Labute approximate surface area is 294 Å². The number of nitrogens with one attached hydrogen (secondary N) is 1. The van der Waals surface area contributed by atoms with Gasteiger partial charge < -0.3 is 30.7 Å². The maximum absolute atomic E-state index is 14.1. The molecule has 13 heteroatoms. The van der Waals surface area contributed by atoms with Crippen molar-refractivity contribution < 1.29 is 27.6 Å². The largest absolute Gasteiger partial charge is 0.418 e. The molecule has 266 valence electrons. The van der Waals surface area contributed by atoms with Gasteiger partial charge in [-0.25, -0.2) is 4.79 Å². The molecular formula is C36H46BrF3N6O3. The number of rotatable bonds is 7. The van der Waals surface area contributed by atoms with Crippen LogP contribution in [-0.4, -0.2) is 95.3 Å². The number of urea groups is 1. The highest BCUT2D eigenvalue weighted by Crippen LogP contribution is 2.39. The van der Waals surface area contributed by atoms with Crippen molar-refractivity contribution >= 4 is 45.2 Å². The molecule has 0 aliphatic carbocycles. The number of carbonyl (C=O) groups is 3. The zero-order valence-electron chi connectivity index (χ0n) is 27.8. The van der Waals surface area contributed by atoms with E-state index >= 15 is 0 Å². The smallest absolute Gasteiger partial charge is 0.397 e. The van der Waals surface area contributed by atoms with Gasteiger partial charge in [0.1, 0.15) is 0 Å². The quantitative estimate of drug-likeness (QED) is 0.331. The fourth-order valence-corrected chi connectivity index (χ4v) is 8.56. The Bertz CT molecular complexity index is 1520. The summed E-state index contributed by atoms with van der Waals surface area (Å²) in [5.41, 5.74) is 6.62. The van der Waals surface area contributed by atoms with Crippen molar-refractivity contribution in [3.8, 4) is 0 Å². The molecule has 2 aromatic rings. The zero-order valence-corrected chi connectivity index (χ0v) is 29.4. The summed E-state index contributed by atoms with van der Waals surface area (Å²) in [5, 5.41) is 3.02. The van der Waals surface area contributed by atoms with Gasteiger partial charge in [0.05, 0.1) is 17.2 Å². The van der Waals surface area contributed by atoms with Crippen LogP contribution < -0.4 is 11.1 Å². The molecule has 0 aromatic heterocycles. The predicted octanol–water partition coefficient (Wildman–Crippen LogP) is 6.16. The normalized spacial score (nSPS) is 20.8. The third-order valence-electron chi connectivity index (χ3n) is 10.8.